The number of halogens is 1. The van der Waals surface area contributed by atoms with E-state index < -0.39 is 12.1 Å². The molecule has 9 nitrogen and oxygen atoms in total. The fraction of sp³-hybridized carbons (Fsp3) is 0.227. The molecule has 10 heteroatoms. The molecule has 5 N–H and O–H groups in total. The zero-order valence-corrected chi connectivity index (χ0v) is 17.1. The third-order valence-corrected chi connectivity index (χ3v) is 5.42. The Bertz CT molecular complexity index is 1250. The average Bonchev–Trinajstić information content (AvgIpc) is 3.13. The smallest absolute Gasteiger partial charge is 0.321 e. The summed E-state index contributed by atoms with van der Waals surface area (Å²) in [5.41, 5.74) is 8.40. The van der Waals surface area contributed by atoms with Crippen molar-refractivity contribution in [3.05, 3.63) is 77.0 Å². The quantitative estimate of drug-likeness (QED) is 0.492. The molecule has 0 aliphatic carbocycles. The van der Waals surface area contributed by atoms with Crippen molar-refractivity contribution in [2.45, 2.75) is 19.2 Å². The highest BCUT2D eigenvalue weighted by molar-refractivity contribution is 6.06. The number of fused-ring (bicyclic) bond motifs is 1. The first-order valence-electron chi connectivity index (χ1n) is 10.3. The second-order valence-electron chi connectivity index (χ2n) is 7.61. The molecule has 0 fully saturated rings. The van der Waals surface area contributed by atoms with Crippen molar-refractivity contribution in [3.63, 3.8) is 0 Å². The monoisotopic (exact) mass is 435 g/mol. The van der Waals surface area contributed by atoms with Gasteiger partial charge in [-0.15, -0.1) is 0 Å². The molecule has 2 aromatic carbocycles. The number of aliphatic imine (C=N–C) groups is 1. The standard InChI is InChI=1S/C22H22FN7O2/c23-15-4-1-3-13(7-15)9-26-19-8-14-10-25-12-27-21(14)29-22(32-19)30-18-6-2-5-16(20(24)31)17(18)11-28-30/h1-7,11,19,25-27H,8-10,12H2,(H2,24,31). The van der Waals surface area contributed by atoms with Gasteiger partial charge < -0.3 is 15.8 Å². The molecule has 5 rings (SSSR count). The number of nitrogens with zero attached hydrogens (tertiary/aromatic N) is 3. The Hall–Kier alpha value is -3.76. The van der Waals surface area contributed by atoms with E-state index in [1.807, 2.05) is 12.1 Å². The maximum absolute atomic E-state index is 13.6. The number of carbonyl (C=O) groups is 1. The van der Waals surface area contributed by atoms with Gasteiger partial charge in [0.25, 0.3) is 0 Å². The SMILES string of the molecule is NC(=O)c1cccc2c1cnn2C1=NC2=C(CNCN2)CC(NCc2cccc(F)c2)O1. The average molecular weight is 435 g/mol. The van der Waals surface area contributed by atoms with Crippen molar-refractivity contribution in [1.29, 1.82) is 0 Å². The van der Waals surface area contributed by atoms with E-state index in [1.54, 1.807) is 29.1 Å². The number of benzene rings is 2. The fourth-order valence-corrected chi connectivity index (χ4v) is 3.88. The van der Waals surface area contributed by atoms with Gasteiger partial charge in [0.2, 0.25) is 5.91 Å². The number of nitrogens with two attached hydrogens (primary N) is 1. The predicted octanol–water partition coefficient (Wildman–Crippen LogP) is 1.38. The van der Waals surface area contributed by atoms with Crippen LogP contribution in [0.3, 0.4) is 0 Å². The minimum atomic E-state index is -0.529. The molecule has 2 aliphatic heterocycles. The molecule has 3 heterocycles. The summed E-state index contributed by atoms with van der Waals surface area (Å²) in [6.45, 7) is 1.68. The molecule has 0 saturated carbocycles. The van der Waals surface area contributed by atoms with Gasteiger partial charge in [-0.1, -0.05) is 18.2 Å². The molecule has 0 bridgehead atoms. The van der Waals surface area contributed by atoms with Crippen LogP contribution in [0.4, 0.5) is 4.39 Å². The van der Waals surface area contributed by atoms with E-state index in [1.165, 1.54) is 12.1 Å². The van der Waals surface area contributed by atoms with E-state index in [0.29, 0.717) is 42.6 Å². The van der Waals surface area contributed by atoms with Crippen LogP contribution in [0.2, 0.25) is 0 Å². The molecular formula is C22H22FN7O2. The Balaban J connectivity index is 1.49. The van der Waals surface area contributed by atoms with Crippen LogP contribution in [0.5, 0.6) is 0 Å². The van der Waals surface area contributed by atoms with Crippen molar-refractivity contribution in [2.75, 3.05) is 13.2 Å². The highest BCUT2D eigenvalue weighted by Crippen LogP contribution is 2.23. The molecular weight excluding hydrogens is 413 g/mol. The summed E-state index contributed by atoms with van der Waals surface area (Å²) in [4.78, 5) is 16.5. The Morgan fingerprint density at radius 1 is 1.31 bits per heavy atom. The summed E-state index contributed by atoms with van der Waals surface area (Å²) in [5.74, 6) is -0.0886. The Labute approximate surface area is 183 Å². The van der Waals surface area contributed by atoms with E-state index in [4.69, 9.17) is 15.5 Å². The largest absolute Gasteiger partial charge is 0.444 e. The molecule has 1 unspecified atom stereocenters. The summed E-state index contributed by atoms with van der Waals surface area (Å²) in [7, 11) is 0. The number of ether oxygens (including phenoxy) is 1. The van der Waals surface area contributed by atoms with Crippen LogP contribution in [-0.2, 0) is 11.3 Å². The number of rotatable bonds is 4. The maximum atomic E-state index is 13.6. The molecule has 1 atom stereocenters. The second kappa shape index (κ2) is 8.40. The van der Waals surface area contributed by atoms with Gasteiger partial charge >= 0.3 is 6.02 Å². The van der Waals surface area contributed by atoms with Crippen LogP contribution in [0.25, 0.3) is 10.9 Å². The summed E-state index contributed by atoms with van der Waals surface area (Å²) in [6.07, 6.45) is 1.72. The number of hydrogen-bond donors (Lipinski definition) is 4. The van der Waals surface area contributed by atoms with Crippen LogP contribution in [0.1, 0.15) is 22.3 Å². The lowest BCUT2D eigenvalue weighted by molar-refractivity contribution is 0.100. The third kappa shape index (κ3) is 3.93. The molecule has 1 aromatic heterocycles. The maximum Gasteiger partial charge on any atom is 0.321 e. The minimum Gasteiger partial charge on any atom is -0.444 e. The van der Waals surface area contributed by atoms with Crippen LogP contribution >= 0.6 is 0 Å². The van der Waals surface area contributed by atoms with E-state index in [0.717, 1.165) is 17.0 Å². The van der Waals surface area contributed by atoms with Gasteiger partial charge in [0.15, 0.2) is 6.23 Å². The summed E-state index contributed by atoms with van der Waals surface area (Å²) >= 11 is 0. The highest BCUT2D eigenvalue weighted by Gasteiger charge is 2.26. The minimum absolute atomic E-state index is 0.262. The van der Waals surface area contributed by atoms with Gasteiger partial charge in [0, 0.05) is 24.9 Å². The second-order valence-corrected chi connectivity index (χ2v) is 7.61. The lowest BCUT2D eigenvalue weighted by atomic mass is 10.1. The van der Waals surface area contributed by atoms with Crippen LogP contribution < -0.4 is 21.7 Å². The Kier molecular flexibility index (Phi) is 5.29. The molecule has 2 aliphatic rings. The first kappa shape index (κ1) is 20.2. The van der Waals surface area contributed by atoms with Crippen LogP contribution in [0, 0.1) is 5.82 Å². The van der Waals surface area contributed by atoms with Crippen LogP contribution in [0.15, 0.2) is 65.0 Å². The van der Waals surface area contributed by atoms with Crippen molar-refractivity contribution in [2.24, 2.45) is 10.7 Å². The predicted molar refractivity (Wildman–Crippen MR) is 117 cm³/mol. The molecule has 0 spiro atoms. The Morgan fingerprint density at radius 3 is 3.03 bits per heavy atom. The molecule has 0 saturated heterocycles. The number of primary amides is 1. The van der Waals surface area contributed by atoms with E-state index in [9.17, 15) is 9.18 Å². The molecule has 3 aromatic rings. The zero-order valence-electron chi connectivity index (χ0n) is 17.1. The molecule has 1 amide bonds. The fourth-order valence-electron chi connectivity index (χ4n) is 3.88. The third-order valence-electron chi connectivity index (χ3n) is 5.42. The number of nitrogens with one attached hydrogen (secondary N) is 3. The van der Waals surface area contributed by atoms with Crippen molar-refractivity contribution in [1.82, 2.24) is 25.7 Å². The van der Waals surface area contributed by atoms with E-state index >= 15 is 0 Å². The number of amides is 1. The summed E-state index contributed by atoms with van der Waals surface area (Å²) in [5, 5.41) is 14.9. The van der Waals surface area contributed by atoms with E-state index in [2.05, 4.69) is 21.0 Å². The van der Waals surface area contributed by atoms with Gasteiger partial charge in [-0.05, 0) is 35.4 Å². The number of aromatic nitrogens is 2. The van der Waals surface area contributed by atoms with Gasteiger partial charge in [0.05, 0.1) is 23.9 Å². The van der Waals surface area contributed by atoms with Gasteiger partial charge in [0.1, 0.15) is 11.6 Å². The molecule has 32 heavy (non-hydrogen) atoms. The van der Waals surface area contributed by atoms with Crippen LogP contribution in [-0.4, -0.2) is 41.2 Å². The highest BCUT2D eigenvalue weighted by atomic mass is 19.1. The molecule has 0 radical (unpaired) electrons. The summed E-state index contributed by atoms with van der Waals surface area (Å²) < 4.78 is 21.3. The number of carbonyl (C=O) groups excluding carboxylic acids is 1. The normalized spacial score (nSPS) is 18.4. The summed E-state index contributed by atoms with van der Waals surface area (Å²) in [6, 6.07) is 11.9. The van der Waals surface area contributed by atoms with Gasteiger partial charge in [-0.25, -0.2) is 4.39 Å². The Morgan fingerprint density at radius 2 is 2.19 bits per heavy atom. The lowest BCUT2D eigenvalue weighted by Gasteiger charge is -2.22. The lowest BCUT2D eigenvalue weighted by Crippen LogP contribution is -2.38. The first-order chi connectivity index (χ1) is 15.6. The van der Waals surface area contributed by atoms with Gasteiger partial charge in [-0.2, -0.15) is 14.8 Å². The topological polar surface area (TPSA) is 119 Å². The van der Waals surface area contributed by atoms with E-state index in [-0.39, 0.29) is 11.8 Å². The van der Waals surface area contributed by atoms with Crippen molar-refractivity contribution < 1.29 is 13.9 Å². The zero-order chi connectivity index (χ0) is 22.1. The first-order valence-corrected chi connectivity index (χ1v) is 10.3. The van der Waals surface area contributed by atoms with Crippen molar-refractivity contribution >= 4 is 22.8 Å². The number of hydrogen-bond acceptors (Lipinski definition) is 7. The van der Waals surface area contributed by atoms with Gasteiger partial charge in [-0.3, -0.25) is 15.4 Å². The van der Waals surface area contributed by atoms with Crippen molar-refractivity contribution in [3.8, 4) is 0 Å². The molecule has 164 valence electrons.